The van der Waals surface area contributed by atoms with E-state index < -0.39 is 5.97 Å². The lowest BCUT2D eigenvalue weighted by Crippen LogP contribution is -2.27. The van der Waals surface area contributed by atoms with Gasteiger partial charge in [-0.2, -0.15) is 0 Å². The number of ether oxygens (including phenoxy) is 14. The summed E-state index contributed by atoms with van der Waals surface area (Å²) in [5.74, 6) is 15.9. The lowest BCUT2D eigenvalue weighted by molar-refractivity contribution is -0.139. The van der Waals surface area contributed by atoms with Crippen LogP contribution in [0.1, 0.15) is 117 Å². The van der Waals surface area contributed by atoms with Crippen molar-refractivity contribution < 1.29 is 81.3 Å². The fourth-order valence-electron chi connectivity index (χ4n) is 15.4. The van der Waals surface area contributed by atoms with Crippen molar-refractivity contribution in [3.8, 4) is 80.5 Å². The molecule has 0 aliphatic rings. The van der Waals surface area contributed by atoms with Gasteiger partial charge in [-0.3, -0.25) is 0 Å². The van der Waals surface area contributed by atoms with Crippen LogP contribution in [0.3, 0.4) is 0 Å². The Morgan fingerprint density at radius 3 is 1.02 bits per heavy atom. The molecule has 0 radical (unpaired) electrons. The van der Waals surface area contributed by atoms with Crippen molar-refractivity contribution in [1.82, 2.24) is 52.7 Å². The van der Waals surface area contributed by atoms with E-state index in [-0.39, 0.29) is 19.8 Å². The summed E-state index contributed by atoms with van der Waals surface area (Å²) in [6.07, 6.45) is 0.986. The van der Waals surface area contributed by atoms with E-state index in [1.807, 2.05) is 212 Å². The molecule has 734 valence electrons. The molecule has 0 fully saturated rings. The van der Waals surface area contributed by atoms with Gasteiger partial charge in [0.25, 0.3) is 0 Å². The Kier molecular flexibility index (Phi) is 39.1. The topological polar surface area (TPSA) is 279 Å². The number of benzene rings is 11. The second-order valence-electron chi connectivity index (χ2n) is 34.6. The van der Waals surface area contributed by atoms with Gasteiger partial charge in [0.05, 0.1) is 104 Å². The molecule has 2 N–H and O–H groups in total. The van der Waals surface area contributed by atoms with E-state index in [9.17, 15) is 4.79 Å². The number of carboxylic acid groups (broad SMARTS) is 1. The highest BCUT2D eigenvalue weighted by atomic mass is 16.5. The van der Waals surface area contributed by atoms with Gasteiger partial charge in [-0.1, -0.05) is 143 Å². The van der Waals surface area contributed by atoms with Gasteiger partial charge >= 0.3 is 5.97 Å². The van der Waals surface area contributed by atoms with E-state index in [0.717, 1.165) is 211 Å². The largest absolute Gasteiger partial charge is 0.497 e. The quantitative estimate of drug-likeness (QED) is 0.0359. The Bertz CT molecular complexity index is 6470. The standard InChI is InChI=1S/C25H35N3O3.C22H28N2O3.C22H20N2O2.C21H24N2O5.C21H26N2O4/c1-6-27(7-2)13-14-30-22-11-12-24-23(16-22)26-25(28(24)17-19(3)4)18-31-21-10-8-9-20(15-21)29-5;1-5-11-26-19-9-10-21-20(13-19)23-22(24(21)14-16(2)3)15-27-18-8-6-7-17(12-18)25-4;1-25-19-11-7-8-17(14-19)15-24-21-13-6-5-12-20(21)23-22(24)16-26-18-9-3-2-4-10-18;1-14(2)11-23-19-10-17(28-13-21(24)25)7-8-18(19)22-20(23)12-27-16-6-4-5-15(9-16)26-3;1-15(2)13-23-20-12-18(26-10-9-24)7-8-19(20)22-21(23)14-27-17-6-4-5-16(11-17)25-3/h8-12,15-16,19H,6-7,13-14,17-18H2,1-5H3;6-10,12-13,16H,5,11,14-15H2,1-4H3;2-14H,15-16H2,1H3;4-10,14H,11-13H2,1-3H3,(H,24,25);4-8,11-12,15,24H,9-10,13-14H2,1-3H3. The predicted molar refractivity (Wildman–Crippen MR) is 545 cm³/mol. The molecular formula is C111H133N11O17. The summed E-state index contributed by atoms with van der Waals surface area (Å²) in [6.45, 7) is 34.1. The minimum Gasteiger partial charge on any atom is -0.497 e. The molecule has 16 aromatic rings. The third-order valence-corrected chi connectivity index (χ3v) is 22.1. The number of aliphatic hydroxyl groups excluding tert-OH is 1. The number of methoxy groups -OCH3 is 5. The smallest absolute Gasteiger partial charge is 0.341 e. The van der Waals surface area contributed by atoms with Gasteiger partial charge in [0.15, 0.2) is 6.61 Å². The van der Waals surface area contributed by atoms with Crippen molar-refractivity contribution in [1.29, 1.82) is 0 Å². The van der Waals surface area contributed by atoms with Crippen LogP contribution in [-0.4, -0.2) is 157 Å². The first-order chi connectivity index (χ1) is 67.5. The number of aliphatic hydroxyl groups is 1. The number of para-hydroxylation sites is 3. The molecule has 0 aliphatic carbocycles. The zero-order valence-corrected chi connectivity index (χ0v) is 82.9. The maximum Gasteiger partial charge on any atom is 0.341 e. The summed E-state index contributed by atoms with van der Waals surface area (Å²) in [4.78, 5) is 37.0. The van der Waals surface area contributed by atoms with Gasteiger partial charge in [-0.15, -0.1) is 0 Å². The average Bonchev–Trinajstić information content (AvgIpc) is 1.69. The lowest BCUT2D eigenvalue weighted by Gasteiger charge is -2.18. The Balaban J connectivity index is 0.000000156. The van der Waals surface area contributed by atoms with Gasteiger partial charge in [0.2, 0.25) is 0 Å². The Hall–Kier alpha value is -14.6. The number of imidazole rings is 5. The number of rotatable bonds is 45. The Morgan fingerprint density at radius 1 is 0.302 bits per heavy atom. The van der Waals surface area contributed by atoms with Crippen molar-refractivity contribution in [2.75, 3.05) is 88.2 Å². The molecule has 0 saturated carbocycles. The average molecular weight is 1890 g/mol. The first kappa shape index (κ1) is 103. The van der Waals surface area contributed by atoms with Crippen molar-refractivity contribution >= 4 is 61.1 Å². The highest BCUT2D eigenvalue weighted by Crippen LogP contribution is 2.33. The van der Waals surface area contributed by atoms with Crippen molar-refractivity contribution in [3.05, 3.63) is 283 Å². The van der Waals surface area contributed by atoms with Crippen LogP contribution in [0.15, 0.2) is 249 Å². The maximum absolute atomic E-state index is 10.8. The molecule has 28 nitrogen and oxygen atoms in total. The lowest BCUT2D eigenvalue weighted by atomic mass is 10.2. The van der Waals surface area contributed by atoms with E-state index in [1.165, 1.54) is 0 Å². The molecule has 0 aliphatic heterocycles. The molecule has 0 atom stereocenters. The highest BCUT2D eigenvalue weighted by Gasteiger charge is 2.22. The minimum absolute atomic E-state index is 0.0110. The van der Waals surface area contributed by atoms with Crippen molar-refractivity contribution in [2.45, 2.75) is 148 Å². The highest BCUT2D eigenvalue weighted by molar-refractivity contribution is 5.81. The summed E-state index contributed by atoms with van der Waals surface area (Å²) in [5, 5.41) is 17.8. The number of fused-ring (bicyclic) bond motifs is 5. The molecule has 11 aromatic carbocycles. The zero-order chi connectivity index (χ0) is 98.5. The second kappa shape index (κ2) is 52.6. The van der Waals surface area contributed by atoms with Crippen molar-refractivity contribution in [3.63, 3.8) is 0 Å². The molecule has 28 heteroatoms. The number of aromatic nitrogens is 10. The first-order valence-electron chi connectivity index (χ1n) is 47.4. The molecule has 0 bridgehead atoms. The van der Waals surface area contributed by atoms with Crippen LogP contribution in [0.25, 0.3) is 55.2 Å². The van der Waals surface area contributed by atoms with Crippen LogP contribution in [0, 0.1) is 23.7 Å². The normalized spacial score (nSPS) is 11.1. The summed E-state index contributed by atoms with van der Waals surface area (Å²) in [7, 11) is 8.25. The van der Waals surface area contributed by atoms with Crippen LogP contribution in [-0.2, 0) is 70.6 Å². The molecule has 5 aromatic heterocycles. The SMILES string of the molecule is CCCOc1ccc2c(c1)nc(COc1cccc(OC)c1)n2CC(C)C.CCN(CC)CCOc1ccc2c(c1)nc(COc1cccc(OC)c1)n2CC(C)C.COc1cccc(Cn2c(COc3ccccc3)nc3ccccc32)c1.COc1cccc(OCc2nc3ccc(OCC(=O)O)cc3n2CC(C)C)c1.COc1cccc(OCc2nc3ccc(OCCO)cc3n2CC(C)C)c1. The number of likely N-dealkylation sites (N-methyl/N-ethyl adjacent to an activating group) is 1. The van der Waals surface area contributed by atoms with Crippen LogP contribution in [0.2, 0.25) is 0 Å². The maximum atomic E-state index is 10.8. The number of carbonyl (C=O) groups is 1. The van der Waals surface area contributed by atoms with E-state index in [4.69, 9.17) is 101 Å². The number of hydrogen-bond donors (Lipinski definition) is 2. The fourth-order valence-corrected chi connectivity index (χ4v) is 15.4. The Labute approximate surface area is 814 Å². The second-order valence-corrected chi connectivity index (χ2v) is 34.6. The van der Waals surface area contributed by atoms with Crippen LogP contribution >= 0.6 is 0 Å². The molecular weight excluding hydrogens is 1760 g/mol. The summed E-state index contributed by atoms with van der Waals surface area (Å²) in [6, 6.07) is 79.8. The summed E-state index contributed by atoms with van der Waals surface area (Å²) in [5.41, 5.74) is 10.9. The molecule has 0 spiro atoms. The van der Waals surface area contributed by atoms with Crippen LogP contribution in [0.5, 0.6) is 80.5 Å². The number of carboxylic acids is 1. The van der Waals surface area contributed by atoms with Gasteiger partial charge in [0, 0.05) is 87.8 Å². The molecule has 5 heterocycles. The predicted octanol–water partition coefficient (Wildman–Crippen LogP) is 22.1. The third kappa shape index (κ3) is 30.4. The molecule has 0 saturated heterocycles. The number of hydrogen-bond acceptors (Lipinski definition) is 22. The van der Waals surface area contributed by atoms with E-state index >= 15 is 0 Å². The molecule has 139 heavy (non-hydrogen) atoms. The van der Waals surface area contributed by atoms with E-state index in [1.54, 1.807) is 41.6 Å². The van der Waals surface area contributed by atoms with Crippen LogP contribution < -0.4 is 66.3 Å². The fraction of sp³-hybridized carbons (Fsp3) is 0.351. The van der Waals surface area contributed by atoms with Gasteiger partial charge < -0.3 is 104 Å². The number of aliphatic carboxylic acids is 1. The van der Waals surface area contributed by atoms with Gasteiger partial charge in [0.1, 0.15) is 156 Å². The first-order valence-corrected chi connectivity index (χ1v) is 47.4. The third-order valence-electron chi connectivity index (χ3n) is 22.1. The molecule has 0 amide bonds. The summed E-state index contributed by atoms with van der Waals surface area (Å²) < 4.78 is 89.8. The van der Waals surface area contributed by atoms with Gasteiger partial charge in [-0.25, -0.2) is 29.7 Å². The van der Waals surface area contributed by atoms with Gasteiger partial charge in [-0.05, 0) is 182 Å². The van der Waals surface area contributed by atoms with Crippen LogP contribution in [0.4, 0.5) is 0 Å². The Morgan fingerprint density at radius 2 is 0.619 bits per heavy atom. The molecule has 0 unspecified atom stereocenters. The molecule has 16 rings (SSSR count). The van der Waals surface area contributed by atoms with E-state index in [2.05, 4.69) is 134 Å². The van der Waals surface area contributed by atoms with E-state index in [0.29, 0.717) is 88.0 Å². The number of nitrogens with zero attached hydrogens (tertiary/aromatic N) is 11. The summed E-state index contributed by atoms with van der Waals surface area (Å²) >= 11 is 0. The monoisotopic (exact) mass is 1890 g/mol. The van der Waals surface area contributed by atoms with Crippen molar-refractivity contribution in [2.24, 2.45) is 23.7 Å². The minimum atomic E-state index is -1.01. The zero-order valence-electron chi connectivity index (χ0n) is 82.9.